The van der Waals surface area contributed by atoms with Gasteiger partial charge >= 0.3 is 0 Å². The summed E-state index contributed by atoms with van der Waals surface area (Å²) in [6.45, 7) is 3.34. The van der Waals surface area contributed by atoms with Crippen molar-refractivity contribution in [3.8, 4) is 0 Å². The van der Waals surface area contributed by atoms with E-state index in [0.717, 1.165) is 23.2 Å². The van der Waals surface area contributed by atoms with Gasteiger partial charge in [0, 0.05) is 13.1 Å². The van der Waals surface area contributed by atoms with E-state index in [2.05, 4.69) is 16.3 Å². The Hall–Kier alpha value is -1.59. The summed E-state index contributed by atoms with van der Waals surface area (Å²) in [7, 11) is 4.06. The van der Waals surface area contributed by atoms with Crippen LogP contribution >= 0.6 is 24.8 Å². The molecule has 0 spiro atoms. The van der Waals surface area contributed by atoms with Gasteiger partial charge in [0.1, 0.15) is 6.04 Å². The van der Waals surface area contributed by atoms with Gasteiger partial charge < -0.3 is 16.0 Å². The molecule has 0 fully saturated rings. The van der Waals surface area contributed by atoms with Gasteiger partial charge in [0.2, 0.25) is 5.91 Å². The standard InChI is InChI=1S/C19H25N3O.2ClH/c1-14-8-10-15(11-9-14)18(20)19(23)21-12-16-6-4-5-7-17(16)13-22(2)3;;/h4-11,18H,12-13,20H2,1-3H3,(H,21,23);2*1H. The van der Waals surface area contributed by atoms with Crippen molar-refractivity contribution in [1.29, 1.82) is 0 Å². The highest BCUT2D eigenvalue weighted by Gasteiger charge is 2.15. The summed E-state index contributed by atoms with van der Waals surface area (Å²) in [5.41, 5.74) is 10.4. The van der Waals surface area contributed by atoms with Gasteiger partial charge in [-0.25, -0.2) is 0 Å². The number of nitrogens with two attached hydrogens (primary N) is 1. The van der Waals surface area contributed by atoms with Crippen LogP contribution in [0.4, 0.5) is 0 Å². The maximum Gasteiger partial charge on any atom is 0.241 e. The topological polar surface area (TPSA) is 58.4 Å². The van der Waals surface area contributed by atoms with Gasteiger partial charge in [-0.05, 0) is 37.7 Å². The molecule has 2 aromatic carbocycles. The van der Waals surface area contributed by atoms with Crippen molar-refractivity contribution in [3.05, 3.63) is 70.8 Å². The second-order valence-electron chi connectivity index (χ2n) is 6.11. The van der Waals surface area contributed by atoms with Gasteiger partial charge in [-0.2, -0.15) is 0 Å². The lowest BCUT2D eigenvalue weighted by molar-refractivity contribution is -0.122. The summed E-state index contributed by atoms with van der Waals surface area (Å²) in [5, 5.41) is 2.94. The number of nitrogens with zero attached hydrogens (tertiary/aromatic N) is 1. The maximum atomic E-state index is 12.3. The molecule has 138 valence electrons. The van der Waals surface area contributed by atoms with Crippen LogP contribution in [0.2, 0.25) is 0 Å². The molecule has 0 saturated carbocycles. The van der Waals surface area contributed by atoms with Gasteiger partial charge in [-0.15, -0.1) is 24.8 Å². The minimum atomic E-state index is -0.642. The van der Waals surface area contributed by atoms with E-state index in [0.29, 0.717) is 6.54 Å². The zero-order valence-corrected chi connectivity index (χ0v) is 16.5. The molecule has 4 nitrogen and oxygen atoms in total. The average molecular weight is 384 g/mol. The van der Waals surface area contributed by atoms with Crippen LogP contribution in [0.3, 0.4) is 0 Å². The molecule has 0 heterocycles. The van der Waals surface area contributed by atoms with Gasteiger partial charge in [0.05, 0.1) is 0 Å². The van der Waals surface area contributed by atoms with Crippen LogP contribution < -0.4 is 11.1 Å². The average Bonchev–Trinajstić information content (AvgIpc) is 2.53. The lowest BCUT2D eigenvalue weighted by atomic mass is 10.0. The zero-order chi connectivity index (χ0) is 16.8. The number of halogens is 2. The Morgan fingerprint density at radius 3 is 2.16 bits per heavy atom. The molecule has 2 aromatic rings. The van der Waals surface area contributed by atoms with E-state index in [4.69, 9.17) is 5.73 Å². The summed E-state index contributed by atoms with van der Waals surface area (Å²) >= 11 is 0. The number of hydrogen-bond acceptors (Lipinski definition) is 3. The van der Waals surface area contributed by atoms with E-state index in [1.54, 1.807) is 0 Å². The summed E-state index contributed by atoms with van der Waals surface area (Å²) in [6, 6.07) is 15.2. The maximum absolute atomic E-state index is 12.3. The molecular weight excluding hydrogens is 357 g/mol. The van der Waals surface area contributed by atoms with Gasteiger partial charge in [-0.3, -0.25) is 4.79 Å². The highest BCUT2D eigenvalue weighted by Crippen LogP contribution is 2.13. The summed E-state index contributed by atoms with van der Waals surface area (Å²) in [6.07, 6.45) is 0. The van der Waals surface area contributed by atoms with E-state index in [9.17, 15) is 4.79 Å². The Morgan fingerprint density at radius 1 is 1.04 bits per heavy atom. The lowest BCUT2D eigenvalue weighted by Crippen LogP contribution is -2.34. The van der Waals surface area contributed by atoms with Gasteiger partial charge in [0.15, 0.2) is 0 Å². The molecule has 1 atom stereocenters. The molecule has 3 N–H and O–H groups in total. The van der Waals surface area contributed by atoms with E-state index >= 15 is 0 Å². The molecule has 0 saturated heterocycles. The molecule has 25 heavy (non-hydrogen) atoms. The Bertz CT molecular complexity index is 660. The molecule has 0 radical (unpaired) electrons. The van der Waals surface area contributed by atoms with Crippen LogP contribution in [0, 0.1) is 6.92 Å². The van der Waals surface area contributed by atoms with Crippen LogP contribution in [-0.4, -0.2) is 24.9 Å². The monoisotopic (exact) mass is 383 g/mol. The Kier molecular flexibility index (Phi) is 10.4. The quantitative estimate of drug-likeness (QED) is 0.804. The second-order valence-corrected chi connectivity index (χ2v) is 6.11. The van der Waals surface area contributed by atoms with Crippen LogP contribution in [0.25, 0.3) is 0 Å². The summed E-state index contributed by atoms with van der Waals surface area (Å²) in [5.74, 6) is -0.159. The van der Waals surface area contributed by atoms with Crippen molar-refractivity contribution < 1.29 is 4.79 Å². The minimum Gasteiger partial charge on any atom is -0.350 e. The third-order valence-corrected chi connectivity index (χ3v) is 3.78. The van der Waals surface area contributed by atoms with Gasteiger partial charge in [0.25, 0.3) is 0 Å². The van der Waals surface area contributed by atoms with Crippen molar-refractivity contribution in [3.63, 3.8) is 0 Å². The number of aryl methyl sites for hydroxylation is 1. The first-order valence-electron chi connectivity index (χ1n) is 7.78. The Morgan fingerprint density at radius 2 is 1.60 bits per heavy atom. The second kappa shape index (κ2) is 11.1. The molecule has 6 heteroatoms. The minimum absolute atomic E-state index is 0. The van der Waals surface area contributed by atoms with Crippen LogP contribution in [0.15, 0.2) is 48.5 Å². The number of amides is 1. The van der Waals surface area contributed by atoms with E-state index in [-0.39, 0.29) is 30.7 Å². The molecular formula is C19H27Cl2N3O. The first-order chi connectivity index (χ1) is 11.0. The van der Waals surface area contributed by atoms with E-state index in [1.807, 2.05) is 63.5 Å². The molecule has 0 aromatic heterocycles. The predicted octanol–water partition coefficient (Wildman–Crippen LogP) is 3.22. The van der Waals surface area contributed by atoms with Crippen molar-refractivity contribution in [2.75, 3.05) is 14.1 Å². The molecule has 2 rings (SSSR count). The first kappa shape index (κ1) is 23.4. The van der Waals surface area contributed by atoms with Crippen molar-refractivity contribution >= 4 is 30.7 Å². The first-order valence-corrected chi connectivity index (χ1v) is 7.78. The number of rotatable bonds is 6. The third-order valence-electron chi connectivity index (χ3n) is 3.78. The largest absolute Gasteiger partial charge is 0.350 e. The van der Waals surface area contributed by atoms with Crippen LogP contribution in [-0.2, 0) is 17.9 Å². The summed E-state index contributed by atoms with van der Waals surface area (Å²) in [4.78, 5) is 14.4. The molecule has 1 amide bonds. The van der Waals surface area contributed by atoms with E-state index < -0.39 is 6.04 Å². The van der Waals surface area contributed by atoms with Crippen molar-refractivity contribution in [2.45, 2.75) is 26.1 Å². The number of benzene rings is 2. The molecule has 0 aliphatic rings. The molecule has 0 aliphatic carbocycles. The van der Waals surface area contributed by atoms with E-state index in [1.165, 1.54) is 5.56 Å². The normalized spacial score (nSPS) is 11.2. The SMILES string of the molecule is Cc1ccc(C(N)C(=O)NCc2ccccc2CN(C)C)cc1.Cl.Cl. The van der Waals surface area contributed by atoms with Gasteiger partial charge in [-0.1, -0.05) is 54.1 Å². The lowest BCUT2D eigenvalue weighted by Gasteiger charge is -2.16. The molecule has 1 unspecified atom stereocenters. The molecule has 0 bridgehead atoms. The zero-order valence-electron chi connectivity index (χ0n) is 14.9. The van der Waals surface area contributed by atoms with Crippen molar-refractivity contribution in [2.24, 2.45) is 5.73 Å². The molecule has 0 aliphatic heterocycles. The third kappa shape index (κ3) is 7.04. The fraction of sp³-hybridized carbons (Fsp3) is 0.316. The Balaban J connectivity index is 0.00000288. The van der Waals surface area contributed by atoms with Crippen LogP contribution in [0.5, 0.6) is 0 Å². The number of nitrogens with one attached hydrogen (secondary N) is 1. The summed E-state index contributed by atoms with van der Waals surface area (Å²) < 4.78 is 0. The number of carbonyl (C=O) groups excluding carboxylic acids is 1. The fourth-order valence-electron chi connectivity index (χ4n) is 2.44. The fourth-order valence-corrected chi connectivity index (χ4v) is 2.44. The van der Waals surface area contributed by atoms with Crippen LogP contribution in [0.1, 0.15) is 28.3 Å². The number of hydrogen-bond donors (Lipinski definition) is 2. The Labute approximate surface area is 162 Å². The highest BCUT2D eigenvalue weighted by molar-refractivity contribution is 5.85. The highest BCUT2D eigenvalue weighted by atomic mass is 35.5. The smallest absolute Gasteiger partial charge is 0.241 e. The number of carbonyl (C=O) groups is 1. The predicted molar refractivity (Wildman–Crippen MR) is 108 cm³/mol. The van der Waals surface area contributed by atoms with Crippen molar-refractivity contribution in [1.82, 2.24) is 10.2 Å².